The maximum absolute atomic E-state index is 12.4. The Balaban J connectivity index is 1.36. The number of carbonyl (C=O) groups is 3. The summed E-state index contributed by atoms with van der Waals surface area (Å²) in [6.07, 6.45) is 1.13. The molecule has 1 spiro atoms. The van der Waals surface area contributed by atoms with E-state index in [0.717, 1.165) is 12.8 Å². The zero-order valence-electron chi connectivity index (χ0n) is 13.6. The Morgan fingerprint density at radius 2 is 1.75 bits per heavy atom. The van der Waals surface area contributed by atoms with Crippen LogP contribution < -0.4 is 0 Å². The van der Waals surface area contributed by atoms with E-state index in [1.54, 1.807) is 24.3 Å². The molecule has 3 amide bonds. The summed E-state index contributed by atoms with van der Waals surface area (Å²) in [5.74, 6) is 0.288. The van der Waals surface area contributed by atoms with Crippen molar-refractivity contribution in [2.75, 3.05) is 19.6 Å². The van der Waals surface area contributed by atoms with Crippen molar-refractivity contribution in [3.63, 3.8) is 0 Å². The van der Waals surface area contributed by atoms with Gasteiger partial charge in [-0.2, -0.15) is 0 Å². The van der Waals surface area contributed by atoms with Crippen LogP contribution in [0.25, 0.3) is 0 Å². The standard InChI is InChI=1S/C18H20N2O4/c1-11(12-6-18(7-12)9-19(10-18)17(23)24)8-20-15(21)13-4-2-3-5-14(13)16(20)22/h2-5,11-12H,6-10H2,1H3,(H,23,24). The molecule has 6 heteroatoms. The van der Waals surface area contributed by atoms with Crippen LogP contribution in [0.5, 0.6) is 0 Å². The number of rotatable bonds is 3. The molecule has 0 radical (unpaired) electrons. The molecule has 6 nitrogen and oxygen atoms in total. The topological polar surface area (TPSA) is 77.9 Å². The van der Waals surface area contributed by atoms with Gasteiger partial charge in [-0.3, -0.25) is 14.5 Å². The van der Waals surface area contributed by atoms with Crippen LogP contribution >= 0.6 is 0 Å². The number of nitrogens with zero attached hydrogens (tertiary/aromatic N) is 2. The van der Waals surface area contributed by atoms with E-state index in [2.05, 4.69) is 6.92 Å². The van der Waals surface area contributed by atoms with E-state index < -0.39 is 6.09 Å². The second kappa shape index (κ2) is 5.06. The number of carbonyl (C=O) groups excluding carboxylic acids is 2. The molecular formula is C18H20N2O4. The highest BCUT2D eigenvalue weighted by atomic mass is 16.4. The SMILES string of the molecule is CC(CN1C(=O)c2ccccc2C1=O)C1CC2(C1)CN(C(=O)O)C2. The molecule has 3 aliphatic rings. The minimum Gasteiger partial charge on any atom is -0.465 e. The molecule has 1 saturated carbocycles. The number of fused-ring (bicyclic) bond motifs is 1. The van der Waals surface area contributed by atoms with E-state index in [0.29, 0.717) is 36.7 Å². The van der Waals surface area contributed by atoms with Crippen molar-refractivity contribution >= 4 is 17.9 Å². The first kappa shape index (κ1) is 15.2. The molecule has 1 aromatic carbocycles. The Kier molecular flexibility index (Phi) is 3.20. The largest absolute Gasteiger partial charge is 0.465 e. The van der Waals surface area contributed by atoms with Gasteiger partial charge >= 0.3 is 6.09 Å². The molecule has 1 saturated heterocycles. The fourth-order valence-electron chi connectivity index (χ4n) is 4.45. The van der Waals surface area contributed by atoms with E-state index in [4.69, 9.17) is 5.11 Å². The van der Waals surface area contributed by atoms with E-state index in [1.807, 2.05) is 0 Å². The van der Waals surface area contributed by atoms with Crippen LogP contribution in [0.2, 0.25) is 0 Å². The van der Waals surface area contributed by atoms with E-state index in [-0.39, 0.29) is 23.1 Å². The third-order valence-corrected chi connectivity index (χ3v) is 5.87. The molecule has 1 N–H and O–H groups in total. The Hall–Kier alpha value is -2.37. The molecule has 126 valence electrons. The molecule has 1 unspecified atom stereocenters. The van der Waals surface area contributed by atoms with Crippen LogP contribution in [-0.4, -0.2) is 52.4 Å². The summed E-state index contributed by atoms with van der Waals surface area (Å²) >= 11 is 0. The zero-order chi connectivity index (χ0) is 17.1. The van der Waals surface area contributed by atoms with Crippen molar-refractivity contribution < 1.29 is 19.5 Å². The summed E-state index contributed by atoms with van der Waals surface area (Å²) in [5.41, 5.74) is 1.14. The van der Waals surface area contributed by atoms with Gasteiger partial charge in [-0.1, -0.05) is 19.1 Å². The number of hydrogen-bond donors (Lipinski definition) is 1. The van der Waals surface area contributed by atoms with Crippen molar-refractivity contribution in [3.8, 4) is 0 Å². The van der Waals surface area contributed by atoms with Crippen molar-refractivity contribution in [2.45, 2.75) is 19.8 Å². The predicted octanol–water partition coefficient (Wildman–Crippen LogP) is 2.31. The van der Waals surface area contributed by atoms with Crippen LogP contribution in [0.15, 0.2) is 24.3 Å². The molecule has 2 aliphatic heterocycles. The fraction of sp³-hybridized carbons (Fsp3) is 0.500. The molecule has 2 fully saturated rings. The number of likely N-dealkylation sites (tertiary alicyclic amines) is 1. The highest BCUT2D eigenvalue weighted by Gasteiger charge is 2.55. The lowest BCUT2D eigenvalue weighted by Crippen LogP contribution is -2.64. The van der Waals surface area contributed by atoms with Gasteiger partial charge in [0.25, 0.3) is 11.8 Å². The van der Waals surface area contributed by atoms with Crippen LogP contribution in [0.1, 0.15) is 40.5 Å². The molecule has 1 atom stereocenters. The first-order chi connectivity index (χ1) is 11.4. The second-order valence-corrected chi connectivity index (χ2v) is 7.55. The van der Waals surface area contributed by atoms with Gasteiger partial charge in [0.1, 0.15) is 0 Å². The van der Waals surface area contributed by atoms with Crippen LogP contribution in [0, 0.1) is 17.3 Å². The Bertz CT molecular complexity index is 695. The number of hydrogen-bond acceptors (Lipinski definition) is 3. The number of benzene rings is 1. The highest BCUT2D eigenvalue weighted by Crippen LogP contribution is 2.54. The summed E-state index contributed by atoms with van der Waals surface area (Å²) in [4.78, 5) is 38.5. The quantitative estimate of drug-likeness (QED) is 0.864. The third-order valence-electron chi connectivity index (χ3n) is 5.87. The molecule has 4 rings (SSSR count). The van der Waals surface area contributed by atoms with Gasteiger partial charge in [-0.15, -0.1) is 0 Å². The normalized spacial score (nSPS) is 23.0. The summed E-state index contributed by atoms with van der Waals surface area (Å²) < 4.78 is 0. The van der Waals surface area contributed by atoms with Crippen molar-refractivity contribution in [1.29, 1.82) is 0 Å². The second-order valence-electron chi connectivity index (χ2n) is 7.55. The molecule has 0 aromatic heterocycles. The Morgan fingerprint density at radius 3 is 2.25 bits per heavy atom. The van der Waals surface area contributed by atoms with Crippen LogP contribution in [-0.2, 0) is 0 Å². The predicted molar refractivity (Wildman–Crippen MR) is 85.7 cm³/mol. The highest BCUT2D eigenvalue weighted by molar-refractivity contribution is 6.21. The first-order valence-corrected chi connectivity index (χ1v) is 8.33. The first-order valence-electron chi connectivity index (χ1n) is 8.33. The summed E-state index contributed by atoms with van der Waals surface area (Å²) in [7, 11) is 0. The zero-order valence-corrected chi connectivity index (χ0v) is 13.6. The van der Waals surface area contributed by atoms with E-state index in [9.17, 15) is 14.4 Å². The van der Waals surface area contributed by atoms with E-state index in [1.165, 1.54) is 9.80 Å². The molecular weight excluding hydrogens is 308 g/mol. The number of carboxylic acid groups (broad SMARTS) is 1. The van der Waals surface area contributed by atoms with Crippen molar-refractivity contribution in [2.24, 2.45) is 17.3 Å². The smallest absolute Gasteiger partial charge is 0.407 e. The lowest BCUT2D eigenvalue weighted by atomic mass is 9.55. The number of imide groups is 1. The molecule has 0 bridgehead atoms. The van der Waals surface area contributed by atoms with Crippen molar-refractivity contribution in [1.82, 2.24) is 9.80 Å². The molecule has 1 aliphatic carbocycles. The monoisotopic (exact) mass is 328 g/mol. The van der Waals surface area contributed by atoms with Gasteiger partial charge in [-0.25, -0.2) is 4.79 Å². The summed E-state index contributed by atoms with van der Waals surface area (Å²) in [6.45, 7) is 3.77. The Labute approximate surface area is 140 Å². The maximum Gasteiger partial charge on any atom is 0.407 e. The molecule has 1 aromatic rings. The Morgan fingerprint density at radius 1 is 1.21 bits per heavy atom. The average Bonchev–Trinajstić information content (AvgIpc) is 2.70. The fourth-order valence-corrected chi connectivity index (χ4v) is 4.45. The maximum atomic E-state index is 12.4. The molecule has 24 heavy (non-hydrogen) atoms. The summed E-state index contributed by atoms with van der Waals surface area (Å²) in [5, 5.41) is 8.94. The minimum atomic E-state index is -0.844. The average molecular weight is 328 g/mol. The van der Waals surface area contributed by atoms with Crippen LogP contribution in [0.3, 0.4) is 0 Å². The third kappa shape index (κ3) is 2.12. The van der Waals surface area contributed by atoms with Crippen LogP contribution in [0.4, 0.5) is 4.79 Å². The number of amides is 3. The lowest BCUT2D eigenvalue weighted by molar-refractivity contribution is -0.0950. The lowest BCUT2D eigenvalue weighted by Gasteiger charge is -2.59. The van der Waals surface area contributed by atoms with Gasteiger partial charge in [-0.05, 0) is 36.8 Å². The molecule has 2 heterocycles. The van der Waals surface area contributed by atoms with Gasteiger partial charge in [0, 0.05) is 25.0 Å². The van der Waals surface area contributed by atoms with Gasteiger partial charge in [0.2, 0.25) is 0 Å². The van der Waals surface area contributed by atoms with E-state index >= 15 is 0 Å². The summed E-state index contributed by atoms with van der Waals surface area (Å²) in [6, 6.07) is 6.95. The van der Waals surface area contributed by atoms with Gasteiger partial charge < -0.3 is 10.0 Å². The van der Waals surface area contributed by atoms with Crippen molar-refractivity contribution in [3.05, 3.63) is 35.4 Å². The van der Waals surface area contributed by atoms with Gasteiger partial charge in [0.15, 0.2) is 0 Å². The van der Waals surface area contributed by atoms with Gasteiger partial charge in [0.05, 0.1) is 11.1 Å². The minimum absolute atomic E-state index is 0.152.